The van der Waals surface area contributed by atoms with Crippen molar-refractivity contribution in [2.75, 3.05) is 17.7 Å². The molecular formula is C15H17BrN4. The van der Waals surface area contributed by atoms with Crippen LogP contribution in [0.3, 0.4) is 0 Å². The fourth-order valence-electron chi connectivity index (χ4n) is 2.08. The summed E-state index contributed by atoms with van der Waals surface area (Å²) in [6.07, 6.45) is 2.48. The third kappa shape index (κ3) is 3.10. The van der Waals surface area contributed by atoms with Gasteiger partial charge in [0.2, 0.25) is 5.95 Å². The maximum Gasteiger partial charge on any atom is 0.224 e. The number of anilines is 2. The van der Waals surface area contributed by atoms with Gasteiger partial charge in [0.15, 0.2) is 0 Å². The van der Waals surface area contributed by atoms with Gasteiger partial charge in [-0.3, -0.25) is 0 Å². The Bertz CT molecular complexity index is 611. The lowest BCUT2D eigenvalue weighted by Gasteiger charge is -2.10. The Hall–Kier alpha value is -1.62. The van der Waals surface area contributed by atoms with E-state index in [-0.39, 0.29) is 0 Å². The summed E-state index contributed by atoms with van der Waals surface area (Å²) in [7, 11) is 1.85. The average molecular weight is 333 g/mol. The van der Waals surface area contributed by atoms with Crippen molar-refractivity contribution in [3.8, 4) is 0 Å². The molecule has 1 aliphatic carbocycles. The van der Waals surface area contributed by atoms with Crippen molar-refractivity contribution >= 4 is 27.7 Å². The van der Waals surface area contributed by atoms with Gasteiger partial charge in [-0.2, -0.15) is 4.98 Å². The molecule has 0 bridgehead atoms. The normalized spacial score (nSPS) is 14.1. The number of nitrogens with one attached hydrogen (secondary N) is 2. The van der Waals surface area contributed by atoms with E-state index in [0.29, 0.717) is 11.9 Å². The molecule has 2 N–H and O–H groups in total. The highest BCUT2D eigenvalue weighted by molar-refractivity contribution is 9.10. The highest BCUT2D eigenvalue weighted by Crippen LogP contribution is 2.39. The number of nitrogens with zero attached hydrogens (tertiary/aromatic N) is 2. The lowest BCUT2D eigenvalue weighted by molar-refractivity contribution is 0.978. The van der Waals surface area contributed by atoms with Crippen molar-refractivity contribution in [3.05, 3.63) is 46.1 Å². The molecule has 0 unspecified atom stereocenters. The molecule has 4 nitrogen and oxygen atoms in total. The summed E-state index contributed by atoms with van der Waals surface area (Å²) >= 11 is 3.56. The molecule has 1 heterocycles. The summed E-state index contributed by atoms with van der Waals surface area (Å²) in [6.45, 7) is 0.742. The van der Waals surface area contributed by atoms with Gasteiger partial charge in [0.25, 0.3) is 0 Å². The van der Waals surface area contributed by atoms with Crippen LogP contribution in [0.2, 0.25) is 0 Å². The van der Waals surface area contributed by atoms with E-state index in [9.17, 15) is 0 Å². The van der Waals surface area contributed by atoms with Crippen LogP contribution < -0.4 is 10.6 Å². The standard InChI is InChI=1S/C15H17BrN4/c1-17-15-19-13(10-6-7-10)8-14(20-15)18-9-11-4-2-3-5-12(11)16/h2-5,8,10H,6-7,9H2,1H3,(H2,17,18,19,20). The minimum Gasteiger partial charge on any atom is -0.366 e. The Morgan fingerprint density at radius 1 is 1.25 bits per heavy atom. The molecular weight excluding hydrogens is 316 g/mol. The monoisotopic (exact) mass is 332 g/mol. The topological polar surface area (TPSA) is 49.8 Å². The quantitative estimate of drug-likeness (QED) is 0.875. The molecule has 1 aromatic heterocycles. The van der Waals surface area contributed by atoms with Crippen LogP contribution >= 0.6 is 15.9 Å². The van der Waals surface area contributed by atoms with E-state index in [4.69, 9.17) is 0 Å². The number of halogens is 1. The molecule has 0 amide bonds. The van der Waals surface area contributed by atoms with Crippen molar-refractivity contribution in [3.63, 3.8) is 0 Å². The maximum absolute atomic E-state index is 4.51. The van der Waals surface area contributed by atoms with Gasteiger partial charge in [0.05, 0.1) is 5.69 Å². The molecule has 1 saturated carbocycles. The Morgan fingerprint density at radius 3 is 2.75 bits per heavy atom. The van der Waals surface area contributed by atoms with E-state index in [1.807, 2.05) is 25.2 Å². The Labute approximate surface area is 127 Å². The van der Waals surface area contributed by atoms with Gasteiger partial charge in [-0.1, -0.05) is 34.1 Å². The van der Waals surface area contributed by atoms with Crippen LogP contribution in [0.5, 0.6) is 0 Å². The Kier molecular flexibility index (Phi) is 3.87. The predicted molar refractivity (Wildman–Crippen MR) is 85.0 cm³/mol. The number of aromatic nitrogens is 2. The molecule has 1 aliphatic rings. The van der Waals surface area contributed by atoms with Crippen molar-refractivity contribution < 1.29 is 0 Å². The van der Waals surface area contributed by atoms with Gasteiger partial charge in [-0.15, -0.1) is 0 Å². The number of hydrogen-bond donors (Lipinski definition) is 2. The van der Waals surface area contributed by atoms with E-state index < -0.39 is 0 Å². The second kappa shape index (κ2) is 5.79. The van der Waals surface area contributed by atoms with E-state index in [0.717, 1.165) is 22.5 Å². The summed E-state index contributed by atoms with van der Waals surface area (Å²) in [4.78, 5) is 8.97. The fraction of sp³-hybridized carbons (Fsp3) is 0.333. The predicted octanol–water partition coefficient (Wildman–Crippen LogP) is 3.77. The Morgan fingerprint density at radius 2 is 2.05 bits per heavy atom. The molecule has 2 aromatic rings. The van der Waals surface area contributed by atoms with Gasteiger partial charge in [-0.05, 0) is 24.5 Å². The first kappa shape index (κ1) is 13.4. The summed E-state index contributed by atoms with van der Waals surface area (Å²) in [5.74, 6) is 2.18. The van der Waals surface area contributed by atoms with Crippen molar-refractivity contribution in [1.29, 1.82) is 0 Å². The molecule has 0 aliphatic heterocycles. The summed E-state index contributed by atoms with van der Waals surface area (Å²) in [6, 6.07) is 10.3. The second-order valence-electron chi connectivity index (χ2n) is 4.97. The molecule has 104 valence electrons. The lowest BCUT2D eigenvalue weighted by Crippen LogP contribution is -2.06. The molecule has 5 heteroatoms. The Balaban J connectivity index is 1.76. The van der Waals surface area contributed by atoms with E-state index in [2.05, 4.69) is 48.7 Å². The third-order valence-corrected chi connectivity index (χ3v) is 4.16. The van der Waals surface area contributed by atoms with Crippen LogP contribution in [0, 0.1) is 0 Å². The van der Waals surface area contributed by atoms with Crippen molar-refractivity contribution in [1.82, 2.24) is 9.97 Å². The van der Waals surface area contributed by atoms with Gasteiger partial charge in [-0.25, -0.2) is 4.98 Å². The van der Waals surface area contributed by atoms with Crippen LogP contribution in [0.25, 0.3) is 0 Å². The van der Waals surface area contributed by atoms with Crippen LogP contribution in [0.1, 0.15) is 30.0 Å². The summed E-state index contributed by atoms with van der Waals surface area (Å²) in [5.41, 5.74) is 2.35. The fourth-order valence-corrected chi connectivity index (χ4v) is 2.51. The zero-order chi connectivity index (χ0) is 13.9. The largest absolute Gasteiger partial charge is 0.366 e. The van der Waals surface area contributed by atoms with Crippen LogP contribution in [0.15, 0.2) is 34.8 Å². The zero-order valence-corrected chi connectivity index (χ0v) is 12.9. The van der Waals surface area contributed by atoms with Crippen molar-refractivity contribution in [2.24, 2.45) is 0 Å². The average Bonchev–Trinajstić information content (AvgIpc) is 3.31. The van der Waals surface area contributed by atoms with E-state index in [1.54, 1.807) is 0 Å². The number of rotatable bonds is 5. The maximum atomic E-state index is 4.51. The van der Waals surface area contributed by atoms with Gasteiger partial charge >= 0.3 is 0 Å². The highest BCUT2D eigenvalue weighted by atomic mass is 79.9. The highest BCUT2D eigenvalue weighted by Gasteiger charge is 2.26. The van der Waals surface area contributed by atoms with E-state index >= 15 is 0 Å². The summed E-state index contributed by atoms with van der Waals surface area (Å²) < 4.78 is 1.11. The second-order valence-corrected chi connectivity index (χ2v) is 5.83. The minimum atomic E-state index is 0.620. The SMILES string of the molecule is CNc1nc(NCc2ccccc2Br)cc(C2CC2)n1. The number of benzene rings is 1. The summed E-state index contributed by atoms with van der Waals surface area (Å²) in [5, 5.41) is 6.41. The van der Waals surface area contributed by atoms with Gasteiger partial charge < -0.3 is 10.6 Å². The van der Waals surface area contributed by atoms with Crippen molar-refractivity contribution in [2.45, 2.75) is 25.3 Å². The van der Waals surface area contributed by atoms with E-state index in [1.165, 1.54) is 18.4 Å². The first-order valence-corrected chi connectivity index (χ1v) is 7.59. The number of hydrogen-bond acceptors (Lipinski definition) is 4. The van der Waals surface area contributed by atoms with Gasteiger partial charge in [0.1, 0.15) is 5.82 Å². The minimum absolute atomic E-state index is 0.620. The first-order valence-electron chi connectivity index (χ1n) is 6.80. The van der Waals surface area contributed by atoms with Crippen LogP contribution in [-0.2, 0) is 6.54 Å². The molecule has 1 fully saturated rings. The molecule has 0 saturated heterocycles. The third-order valence-electron chi connectivity index (χ3n) is 3.38. The van der Waals surface area contributed by atoms with Crippen LogP contribution in [0.4, 0.5) is 11.8 Å². The molecule has 1 aromatic carbocycles. The molecule has 3 rings (SSSR count). The van der Waals surface area contributed by atoms with Gasteiger partial charge in [0, 0.05) is 30.0 Å². The lowest BCUT2D eigenvalue weighted by atomic mass is 10.2. The van der Waals surface area contributed by atoms with Crippen LogP contribution in [-0.4, -0.2) is 17.0 Å². The molecule has 0 spiro atoms. The first-order chi connectivity index (χ1) is 9.76. The molecule has 0 radical (unpaired) electrons. The zero-order valence-electron chi connectivity index (χ0n) is 11.4. The molecule has 0 atom stereocenters. The smallest absolute Gasteiger partial charge is 0.224 e. The molecule has 20 heavy (non-hydrogen) atoms.